The zero-order chi connectivity index (χ0) is 11.4. The number of nitrogens with one attached hydrogen (secondary N) is 1. The highest BCUT2D eigenvalue weighted by Crippen LogP contribution is 2.30. The maximum Gasteiger partial charge on any atom is 0.236 e. The summed E-state index contributed by atoms with van der Waals surface area (Å²) in [6.45, 7) is 1.36. The van der Waals surface area contributed by atoms with E-state index in [1.807, 2.05) is 0 Å². The molecule has 0 aromatic heterocycles. The smallest absolute Gasteiger partial charge is 0.236 e. The predicted molar refractivity (Wildman–Crippen MR) is 64.9 cm³/mol. The van der Waals surface area contributed by atoms with E-state index in [1.165, 1.54) is 13.1 Å². The van der Waals surface area contributed by atoms with Crippen molar-refractivity contribution < 1.29 is 9.90 Å². The number of hydrogen-bond donors (Lipinski definition) is 2. The summed E-state index contributed by atoms with van der Waals surface area (Å²) in [4.78, 5) is 10.5. The third kappa shape index (κ3) is 3.64. The molecule has 6 heteroatoms. The van der Waals surface area contributed by atoms with Gasteiger partial charge in [-0.25, -0.2) is 5.43 Å². The normalized spacial score (nSPS) is 10.6. The molecule has 1 rings (SSSR count). The van der Waals surface area contributed by atoms with Crippen molar-refractivity contribution in [3.63, 3.8) is 0 Å². The van der Waals surface area contributed by atoms with Gasteiger partial charge in [0.2, 0.25) is 5.91 Å². The van der Waals surface area contributed by atoms with Gasteiger partial charge in [0.05, 0.1) is 10.7 Å². The molecule has 0 spiro atoms. The highest BCUT2D eigenvalue weighted by Gasteiger charge is 2.04. The second kappa shape index (κ2) is 5.27. The van der Waals surface area contributed by atoms with E-state index in [4.69, 9.17) is 0 Å². The minimum atomic E-state index is -0.264. The SMILES string of the molecule is CC(=O)NN=Cc1cc(Br)cc(Br)c1O. The number of phenols is 1. The van der Waals surface area contributed by atoms with Crippen LogP contribution < -0.4 is 5.43 Å². The van der Waals surface area contributed by atoms with Crippen LogP contribution in [0.5, 0.6) is 5.75 Å². The van der Waals surface area contributed by atoms with Crippen molar-refractivity contribution in [2.45, 2.75) is 6.92 Å². The lowest BCUT2D eigenvalue weighted by atomic mass is 10.2. The van der Waals surface area contributed by atoms with E-state index in [9.17, 15) is 9.90 Å². The molecule has 4 nitrogen and oxygen atoms in total. The van der Waals surface area contributed by atoms with Crippen molar-refractivity contribution in [1.29, 1.82) is 0 Å². The van der Waals surface area contributed by atoms with Crippen LogP contribution in [0, 0.1) is 0 Å². The molecule has 0 unspecified atom stereocenters. The van der Waals surface area contributed by atoms with Gasteiger partial charge in [0.1, 0.15) is 5.75 Å². The van der Waals surface area contributed by atoms with Crippen LogP contribution in [-0.4, -0.2) is 17.2 Å². The molecule has 1 aromatic rings. The van der Waals surface area contributed by atoms with Crippen LogP contribution in [0.2, 0.25) is 0 Å². The van der Waals surface area contributed by atoms with Gasteiger partial charge in [-0.2, -0.15) is 5.10 Å². The summed E-state index contributed by atoms with van der Waals surface area (Å²) < 4.78 is 1.36. The van der Waals surface area contributed by atoms with Gasteiger partial charge in [0.15, 0.2) is 0 Å². The zero-order valence-electron chi connectivity index (χ0n) is 7.79. The molecule has 2 N–H and O–H groups in total. The van der Waals surface area contributed by atoms with Crippen LogP contribution in [0.3, 0.4) is 0 Å². The van der Waals surface area contributed by atoms with Crippen LogP contribution in [0.25, 0.3) is 0 Å². The number of halogens is 2. The van der Waals surface area contributed by atoms with E-state index < -0.39 is 0 Å². The van der Waals surface area contributed by atoms with Gasteiger partial charge in [-0.1, -0.05) is 15.9 Å². The quantitative estimate of drug-likeness (QED) is 0.644. The number of nitrogens with zero attached hydrogens (tertiary/aromatic N) is 1. The number of benzene rings is 1. The minimum absolute atomic E-state index is 0.0762. The fraction of sp³-hybridized carbons (Fsp3) is 0.111. The average Bonchev–Trinajstić information content (AvgIpc) is 2.12. The van der Waals surface area contributed by atoms with Crippen molar-refractivity contribution in [3.05, 3.63) is 26.6 Å². The topological polar surface area (TPSA) is 61.7 Å². The number of amides is 1. The van der Waals surface area contributed by atoms with Gasteiger partial charge in [-0.15, -0.1) is 0 Å². The first-order valence-electron chi connectivity index (χ1n) is 3.98. The number of hydrogen-bond acceptors (Lipinski definition) is 3. The minimum Gasteiger partial charge on any atom is -0.506 e. The Balaban J connectivity index is 2.94. The maximum absolute atomic E-state index is 10.5. The van der Waals surface area contributed by atoms with Crippen LogP contribution in [0.1, 0.15) is 12.5 Å². The lowest BCUT2D eigenvalue weighted by Gasteiger charge is -2.02. The Hall–Kier alpha value is -0.880. The van der Waals surface area contributed by atoms with Crippen LogP contribution >= 0.6 is 31.9 Å². The summed E-state index contributed by atoms with van der Waals surface area (Å²) in [6, 6.07) is 3.40. The molecule has 0 bridgehead atoms. The number of hydrazone groups is 1. The van der Waals surface area contributed by atoms with E-state index >= 15 is 0 Å². The molecule has 0 heterocycles. The van der Waals surface area contributed by atoms with E-state index in [2.05, 4.69) is 42.4 Å². The lowest BCUT2D eigenvalue weighted by molar-refractivity contribution is -0.118. The Bertz CT molecular complexity index is 419. The van der Waals surface area contributed by atoms with Crippen LogP contribution in [0.4, 0.5) is 0 Å². The molecule has 0 aliphatic heterocycles. The number of aromatic hydroxyl groups is 1. The molecule has 0 aliphatic rings. The van der Waals surface area contributed by atoms with Gasteiger partial charge in [-0.3, -0.25) is 4.79 Å². The summed E-state index contributed by atoms with van der Waals surface area (Å²) in [7, 11) is 0. The van der Waals surface area contributed by atoms with E-state index in [1.54, 1.807) is 12.1 Å². The zero-order valence-corrected chi connectivity index (χ0v) is 11.0. The molecule has 0 saturated carbocycles. The van der Waals surface area contributed by atoms with Crippen LogP contribution in [0.15, 0.2) is 26.2 Å². The molecule has 15 heavy (non-hydrogen) atoms. The molecule has 1 aromatic carbocycles. The van der Waals surface area contributed by atoms with Gasteiger partial charge in [-0.05, 0) is 28.1 Å². The molecule has 0 saturated heterocycles. The highest BCUT2D eigenvalue weighted by molar-refractivity contribution is 9.11. The Morgan fingerprint density at radius 1 is 1.53 bits per heavy atom. The van der Waals surface area contributed by atoms with Crippen molar-refractivity contribution >= 4 is 44.0 Å². The predicted octanol–water partition coefficient (Wildman–Crippen LogP) is 2.39. The fourth-order valence-electron chi connectivity index (χ4n) is 0.877. The van der Waals surface area contributed by atoms with E-state index in [0.717, 1.165) is 4.47 Å². The Morgan fingerprint density at radius 3 is 2.80 bits per heavy atom. The number of rotatable bonds is 2. The number of carbonyl (C=O) groups is 1. The van der Waals surface area contributed by atoms with Crippen molar-refractivity contribution in [1.82, 2.24) is 5.43 Å². The summed E-state index contributed by atoms with van der Waals surface area (Å²) in [5.41, 5.74) is 2.75. The maximum atomic E-state index is 10.5. The summed E-state index contributed by atoms with van der Waals surface area (Å²) >= 11 is 6.47. The van der Waals surface area contributed by atoms with Crippen molar-refractivity contribution in [2.75, 3.05) is 0 Å². The van der Waals surface area contributed by atoms with Gasteiger partial charge in [0, 0.05) is 17.0 Å². The number of phenolic OH excluding ortho intramolecular Hbond substituents is 1. The first-order chi connectivity index (χ1) is 7.00. The first-order valence-corrected chi connectivity index (χ1v) is 5.57. The largest absolute Gasteiger partial charge is 0.506 e. The number of carbonyl (C=O) groups excluding carboxylic acids is 1. The summed E-state index contributed by atoms with van der Waals surface area (Å²) in [5, 5.41) is 13.3. The third-order valence-corrected chi connectivity index (χ3v) is 2.55. The first kappa shape index (κ1) is 12.2. The molecule has 1 amide bonds. The van der Waals surface area contributed by atoms with Crippen molar-refractivity contribution in [3.8, 4) is 5.75 Å². The lowest BCUT2D eigenvalue weighted by Crippen LogP contribution is -2.12. The monoisotopic (exact) mass is 334 g/mol. The van der Waals surface area contributed by atoms with Gasteiger partial charge in [0.25, 0.3) is 0 Å². The Kier molecular flexibility index (Phi) is 4.28. The molecular formula is C9H8Br2N2O2. The summed E-state index contributed by atoms with van der Waals surface area (Å²) in [5.74, 6) is -0.188. The molecule has 0 fully saturated rings. The summed E-state index contributed by atoms with van der Waals surface area (Å²) in [6.07, 6.45) is 1.37. The van der Waals surface area contributed by atoms with Crippen molar-refractivity contribution in [2.24, 2.45) is 5.10 Å². The standard InChI is InChI=1S/C9H8Br2N2O2/c1-5(14)13-12-4-6-2-7(10)3-8(11)9(6)15/h2-4,15H,1H3,(H,13,14). The second-order valence-corrected chi connectivity index (χ2v) is 4.52. The fourth-order valence-corrected chi connectivity index (χ4v) is 2.14. The molecule has 0 aliphatic carbocycles. The molecule has 0 atom stereocenters. The Labute approximate surface area is 104 Å². The van der Waals surface area contributed by atoms with E-state index in [-0.39, 0.29) is 11.7 Å². The molecule has 80 valence electrons. The molecule has 0 radical (unpaired) electrons. The third-order valence-electron chi connectivity index (χ3n) is 1.48. The highest BCUT2D eigenvalue weighted by atomic mass is 79.9. The van der Waals surface area contributed by atoms with E-state index in [0.29, 0.717) is 10.0 Å². The van der Waals surface area contributed by atoms with Gasteiger partial charge >= 0.3 is 0 Å². The van der Waals surface area contributed by atoms with Crippen LogP contribution in [-0.2, 0) is 4.79 Å². The Morgan fingerprint density at radius 2 is 2.20 bits per heavy atom. The molecular weight excluding hydrogens is 328 g/mol. The average molecular weight is 336 g/mol. The van der Waals surface area contributed by atoms with Gasteiger partial charge < -0.3 is 5.11 Å². The second-order valence-electron chi connectivity index (χ2n) is 2.75.